The zero-order valence-corrected chi connectivity index (χ0v) is 14.2. The monoisotopic (exact) mass is 289 g/mol. The van der Waals surface area contributed by atoms with Crippen molar-refractivity contribution in [1.29, 1.82) is 0 Å². The number of aliphatic hydroxyl groups is 1. The second-order valence-corrected chi connectivity index (χ2v) is 9.58. The average Bonchev–Trinajstić information content (AvgIpc) is 2.78. The molecule has 0 aromatic carbocycles. The minimum Gasteiger partial charge on any atom is -0.385 e. The SMILES string of the molecule is CCC1(C)C/C2=C3\C4(C)CCC(C)(CCC34O)CC1(N)C2. The van der Waals surface area contributed by atoms with E-state index in [1.165, 1.54) is 17.6 Å². The highest BCUT2D eigenvalue weighted by Crippen LogP contribution is 2.74. The first kappa shape index (κ1) is 14.3. The Balaban J connectivity index is 1.93. The van der Waals surface area contributed by atoms with Gasteiger partial charge < -0.3 is 10.8 Å². The van der Waals surface area contributed by atoms with Gasteiger partial charge >= 0.3 is 0 Å². The van der Waals surface area contributed by atoms with E-state index in [2.05, 4.69) is 27.7 Å². The van der Waals surface area contributed by atoms with Crippen LogP contribution in [0.25, 0.3) is 0 Å². The van der Waals surface area contributed by atoms with Crippen molar-refractivity contribution in [1.82, 2.24) is 0 Å². The molecular formula is C19H31NO. The number of hydrogen-bond acceptors (Lipinski definition) is 2. The van der Waals surface area contributed by atoms with Crippen LogP contribution in [0.1, 0.15) is 79.1 Å². The van der Waals surface area contributed by atoms with Crippen molar-refractivity contribution < 1.29 is 5.11 Å². The van der Waals surface area contributed by atoms with Gasteiger partial charge in [0.15, 0.2) is 0 Å². The van der Waals surface area contributed by atoms with Crippen LogP contribution in [0.2, 0.25) is 0 Å². The van der Waals surface area contributed by atoms with E-state index in [1.807, 2.05) is 0 Å². The van der Waals surface area contributed by atoms with Gasteiger partial charge in [-0.3, -0.25) is 0 Å². The molecule has 0 saturated heterocycles. The van der Waals surface area contributed by atoms with Crippen LogP contribution in [0.15, 0.2) is 11.1 Å². The Morgan fingerprint density at radius 3 is 2.38 bits per heavy atom. The van der Waals surface area contributed by atoms with Gasteiger partial charge in [0.25, 0.3) is 0 Å². The fourth-order valence-electron chi connectivity index (χ4n) is 6.38. The molecule has 3 N–H and O–H groups in total. The van der Waals surface area contributed by atoms with E-state index < -0.39 is 5.60 Å². The Bertz CT molecular complexity index is 530. The number of fused-ring (bicyclic) bond motifs is 2. The van der Waals surface area contributed by atoms with Gasteiger partial charge in [0.1, 0.15) is 0 Å². The standard InChI is InChI=1S/C19H31NO/c1-5-16(3)10-13-11-18(16,20)12-15(2)6-8-17(4)14(13)19(17,21)9-7-15/h21H,5-12,20H2,1-4H3/b14-13-. The quantitative estimate of drug-likeness (QED) is 0.719. The average molecular weight is 289 g/mol. The molecule has 0 radical (unpaired) electrons. The summed E-state index contributed by atoms with van der Waals surface area (Å²) in [5, 5.41) is 11.3. The van der Waals surface area contributed by atoms with Crippen LogP contribution in [0.4, 0.5) is 0 Å². The van der Waals surface area contributed by atoms with Gasteiger partial charge in [0.05, 0.1) is 5.60 Å². The molecule has 2 heteroatoms. The Labute approximate surface area is 129 Å². The summed E-state index contributed by atoms with van der Waals surface area (Å²) in [5.74, 6) is 0. The summed E-state index contributed by atoms with van der Waals surface area (Å²) in [5.41, 5.74) is 9.99. The maximum atomic E-state index is 11.3. The normalized spacial score (nSPS) is 62.0. The molecule has 0 aromatic rings. The van der Waals surface area contributed by atoms with Crippen molar-refractivity contribution in [3.63, 3.8) is 0 Å². The van der Waals surface area contributed by atoms with Gasteiger partial charge in [0.2, 0.25) is 0 Å². The Morgan fingerprint density at radius 2 is 1.71 bits per heavy atom. The summed E-state index contributed by atoms with van der Waals surface area (Å²) < 4.78 is 0. The number of rotatable bonds is 1. The van der Waals surface area contributed by atoms with Gasteiger partial charge in [-0.05, 0) is 67.8 Å². The molecule has 0 aliphatic heterocycles. The highest BCUT2D eigenvalue weighted by atomic mass is 16.3. The van der Waals surface area contributed by atoms with E-state index in [9.17, 15) is 5.11 Å². The molecule has 21 heavy (non-hydrogen) atoms. The van der Waals surface area contributed by atoms with E-state index in [0.29, 0.717) is 5.41 Å². The van der Waals surface area contributed by atoms with E-state index in [0.717, 1.165) is 44.9 Å². The van der Waals surface area contributed by atoms with Crippen LogP contribution in [-0.4, -0.2) is 16.2 Å². The highest BCUT2D eigenvalue weighted by Gasteiger charge is 2.73. The van der Waals surface area contributed by atoms with Crippen LogP contribution in [0, 0.1) is 16.2 Å². The lowest BCUT2D eigenvalue weighted by Crippen LogP contribution is -2.52. The third-order valence-corrected chi connectivity index (χ3v) is 8.35. The van der Waals surface area contributed by atoms with Crippen molar-refractivity contribution in [2.45, 2.75) is 90.2 Å². The Kier molecular flexibility index (Phi) is 2.44. The van der Waals surface area contributed by atoms with Crippen molar-refractivity contribution in [3.05, 3.63) is 11.1 Å². The molecule has 6 bridgehead atoms. The van der Waals surface area contributed by atoms with Crippen molar-refractivity contribution in [2.24, 2.45) is 22.0 Å². The van der Waals surface area contributed by atoms with E-state index in [-0.39, 0.29) is 16.4 Å². The molecule has 0 aromatic heterocycles. The zero-order chi connectivity index (χ0) is 15.3. The Hall–Kier alpha value is -0.340. The van der Waals surface area contributed by atoms with E-state index in [4.69, 9.17) is 5.73 Å². The van der Waals surface area contributed by atoms with Crippen molar-refractivity contribution in [2.75, 3.05) is 0 Å². The molecular weight excluding hydrogens is 258 g/mol. The van der Waals surface area contributed by atoms with E-state index >= 15 is 0 Å². The van der Waals surface area contributed by atoms with Crippen LogP contribution < -0.4 is 5.73 Å². The number of hydrogen-bond donors (Lipinski definition) is 2. The summed E-state index contributed by atoms with van der Waals surface area (Å²) in [7, 11) is 0. The van der Waals surface area contributed by atoms with Crippen molar-refractivity contribution >= 4 is 0 Å². The first-order valence-corrected chi connectivity index (χ1v) is 8.86. The summed E-state index contributed by atoms with van der Waals surface area (Å²) in [6.45, 7) is 9.43. The largest absolute Gasteiger partial charge is 0.385 e. The van der Waals surface area contributed by atoms with Crippen LogP contribution in [0.5, 0.6) is 0 Å². The highest BCUT2D eigenvalue weighted by molar-refractivity contribution is 5.54. The fraction of sp³-hybridized carbons (Fsp3) is 0.895. The first-order chi connectivity index (χ1) is 9.62. The topological polar surface area (TPSA) is 46.2 Å². The molecule has 118 valence electrons. The number of nitrogens with two attached hydrogens (primary N) is 1. The second kappa shape index (κ2) is 3.59. The maximum absolute atomic E-state index is 11.3. The van der Waals surface area contributed by atoms with Gasteiger partial charge in [-0.25, -0.2) is 0 Å². The minimum absolute atomic E-state index is 0.0599. The zero-order valence-electron chi connectivity index (χ0n) is 14.2. The molecule has 3 saturated carbocycles. The van der Waals surface area contributed by atoms with E-state index in [1.54, 1.807) is 0 Å². The molecule has 5 atom stereocenters. The van der Waals surface area contributed by atoms with Crippen molar-refractivity contribution in [3.8, 4) is 0 Å². The van der Waals surface area contributed by atoms with Crippen LogP contribution in [0.3, 0.4) is 0 Å². The van der Waals surface area contributed by atoms with Crippen LogP contribution in [-0.2, 0) is 0 Å². The minimum atomic E-state index is -0.496. The predicted octanol–water partition coefficient (Wildman–Crippen LogP) is 3.93. The first-order valence-electron chi connectivity index (χ1n) is 8.86. The second-order valence-electron chi connectivity index (χ2n) is 9.58. The molecule has 0 amide bonds. The molecule has 0 spiro atoms. The molecule has 2 nitrogen and oxygen atoms in total. The third kappa shape index (κ3) is 1.47. The fourth-order valence-corrected chi connectivity index (χ4v) is 6.38. The van der Waals surface area contributed by atoms with Gasteiger partial charge in [0, 0.05) is 11.0 Å². The smallest absolute Gasteiger partial charge is 0.0957 e. The van der Waals surface area contributed by atoms with Crippen LogP contribution >= 0.6 is 0 Å². The molecule has 5 rings (SSSR count). The van der Waals surface area contributed by atoms with Gasteiger partial charge in [-0.2, -0.15) is 0 Å². The third-order valence-electron chi connectivity index (χ3n) is 8.35. The summed E-state index contributed by atoms with van der Waals surface area (Å²) >= 11 is 0. The molecule has 5 aliphatic rings. The summed E-state index contributed by atoms with van der Waals surface area (Å²) in [6.07, 6.45) is 8.88. The van der Waals surface area contributed by atoms with Gasteiger partial charge in [-0.15, -0.1) is 0 Å². The molecule has 3 fully saturated rings. The lowest BCUT2D eigenvalue weighted by atomic mass is 9.62. The summed E-state index contributed by atoms with van der Waals surface area (Å²) in [4.78, 5) is 0. The lowest BCUT2D eigenvalue weighted by Gasteiger charge is -2.46. The predicted molar refractivity (Wildman–Crippen MR) is 85.8 cm³/mol. The molecule has 5 aliphatic carbocycles. The lowest BCUT2D eigenvalue weighted by molar-refractivity contribution is 0.0796. The maximum Gasteiger partial charge on any atom is 0.0957 e. The van der Waals surface area contributed by atoms with Gasteiger partial charge in [-0.1, -0.05) is 33.3 Å². The molecule has 0 heterocycles. The molecule has 5 unspecified atom stereocenters. The Morgan fingerprint density at radius 1 is 1.05 bits per heavy atom. The summed E-state index contributed by atoms with van der Waals surface area (Å²) in [6, 6.07) is 0.